The number of hydrogen-bond acceptors (Lipinski definition) is 6. The first-order chi connectivity index (χ1) is 14.0. The molecule has 3 aromatic rings. The number of imidazole rings is 1. The van der Waals surface area contributed by atoms with E-state index in [-0.39, 0.29) is 5.91 Å². The molecular weight excluding hydrogens is 388 g/mol. The summed E-state index contributed by atoms with van der Waals surface area (Å²) >= 11 is 1.65. The second-order valence-corrected chi connectivity index (χ2v) is 8.05. The van der Waals surface area contributed by atoms with Crippen molar-refractivity contribution in [1.29, 1.82) is 0 Å². The van der Waals surface area contributed by atoms with Crippen LogP contribution in [-0.4, -0.2) is 41.1 Å². The number of nitrogens with zero attached hydrogens (tertiary/aromatic N) is 2. The van der Waals surface area contributed by atoms with Gasteiger partial charge in [0, 0.05) is 10.8 Å². The van der Waals surface area contributed by atoms with Crippen molar-refractivity contribution in [2.45, 2.75) is 31.2 Å². The van der Waals surface area contributed by atoms with Crippen LogP contribution in [0.1, 0.15) is 36.7 Å². The van der Waals surface area contributed by atoms with E-state index in [1.807, 2.05) is 25.1 Å². The molecule has 152 valence electrons. The fraction of sp³-hybridized carbons (Fsp3) is 0.286. The van der Waals surface area contributed by atoms with E-state index >= 15 is 0 Å². The Balaban J connectivity index is 1.69. The van der Waals surface area contributed by atoms with Crippen molar-refractivity contribution in [2.75, 3.05) is 13.7 Å². The first-order valence-electron chi connectivity index (χ1n) is 9.30. The molecule has 0 spiro atoms. The van der Waals surface area contributed by atoms with Crippen LogP contribution in [0.4, 0.5) is 0 Å². The quantitative estimate of drug-likeness (QED) is 0.328. The van der Waals surface area contributed by atoms with Gasteiger partial charge < -0.3 is 14.5 Å². The zero-order valence-electron chi connectivity index (χ0n) is 16.9. The molecular formula is C21H24N4O3S. The number of rotatable bonds is 8. The van der Waals surface area contributed by atoms with Crippen molar-refractivity contribution < 1.29 is 14.3 Å². The van der Waals surface area contributed by atoms with Gasteiger partial charge >= 0.3 is 0 Å². The summed E-state index contributed by atoms with van der Waals surface area (Å²) in [7, 11) is 1.59. The average Bonchev–Trinajstić information content (AvgIpc) is 3.09. The maximum atomic E-state index is 12.4. The molecule has 0 aliphatic heterocycles. The van der Waals surface area contributed by atoms with Crippen molar-refractivity contribution in [3.8, 4) is 11.5 Å². The Morgan fingerprint density at radius 1 is 1.28 bits per heavy atom. The lowest BCUT2D eigenvalue weighted by Gasteiger charge is -2.09. The minimum atomic E-state index is -0.297. The SMILES string of the molecule is CCOc1cc(/C=N\NC(=O)c2ccc3nc(SC(C)C)[nH]c3c2)ccc1OC. The minimum Gasteiger partial charge on any atom is -0.493 e. The Hall–Kier alpha value is -3.00. The van der Waals surface area contributed by atoms with Crippen molar-refractivity contribution in [1.82, 2.24) is 15.4 Å². The first kappa shape index (κ1) is 20.7. The fourth-order valence-electron chi connectivity index (χ4n) is 2.68. The molecule has 0 radical (unpaired) electrons. The lowest BCUT2D eigenvalue weighted by molar-refractivity contribution is 0.0955. The second-order valence-electron chi connectivity index (χ2n) is 6.48. The molecule has 1 heterocycles. The van der Waals surface area contributed by atoms with E-state index in [0.717, 1.165) is 21.8 Å². The number of aromatic amines is 1. The van der Waals surface area contributed by atoms with E-state index in [1.165, 1.54) is 0 Å². The molecule has 3 rings (SSSR count). The lowest BCUT2D eigenvalue weighted by Crippen LogP contribution is -2.17. The molecule has 2 aromatic carbocycles. The maximum Gasteiger partial charge on any atom is 0.271 e. The molecule has 0 fully saturated rings. The van der Waals surface area contributed by atoms with Crippen molar-refractivity contribution in [2.24, 2.45) is 5.10 Å². The van der Waals surface area contributed by atoms with Gasteiger partial charge in [-0.15, -0.1) is 0 Å². The van der Waals surface area contributed by atoms with Crippen LogP contribution in [-0.2, 0) is 0 Å². The number of carbonyl (C=O) groups is 1. The maximum absolute atomic E-state index is 12.4. The van der Waals surface area contributed by atoms with Gasteiger partial charge in [0.25, 0.3) is 5.91 Å². The normalized spacial score (nSPS) is 11.3. The molecule has 29 heavy (non-hydrogen) atoms. The van der Waals surface area contributed by atoms with E-state index in [2.05, 4.69) is 34.3 Å². The van der Waals surface area contributed by atoms with Gasteiger partial charge in [-0.3, -0.25) is 4.79 Å². The van der Waals surface area contributed by atoms with Crippen LogP contribution in [0.2, 0.25) is 0 Å². The molecule has 2 N–H and O–H groups in total. The third kappa shape index (κ3) is 5.29. The second kappa shape index (κ2) is 9.47. The number of amides is 1. The third-order valence-electron chi connectivity index (χ3n) is 3.94. The summed E-state index contributed by atoms with van der Waals surface area (Å²) < 4.78 is 10.8. The highest BCUT2D eigenvalue weighted by Crippen LogP contribution is 2.27. The summed E-state index contributed by atoms with van der Waals surface area (Å²) in [6.45, 7) is 6.65. The highest BCUT2D eigenvalue weighted by molar-refractivity contribution is 7.99. The van der Waals surface area contributed by atoms with Gasteiger partial charge in [0.2, 0.25) is 0 Å². The third-order valence-corrected chi connectivity index (χ3v) is 4.82. The fourth-order valence-corrected chi connectivity index (χ4v) is 3.44. The number of nitrogens with one attached hydrogen (secondary N) is 2. The first-order valence-corrected chi connectivity index (χ1v) is 10.2. The van der Waals surface area contributed by atoms with Crippen molar-refractivity contribution in [3.63, 3.8) is 0 Å². The highest BCUT2D eigenvalue weighted by Gasteiger charge is 2.10. The van der Waals surface area contributed by atoms with Crippen LogP contribution in [0, 0.1) is 0 Å². The number of fused-ring (bicyclic) bond motifs is 1. The summed E-state index contributed by atoms with van der Waals surface area (Å²) in [6.07, 6.45) is 1.56. The molecule has 7 nitrogen and oxygen atoms in total. The topological polar surface area (TPSA) is 88.6 Å². The van der Waals surface area contributed by atoms with Crippen LogP contribution < -0.4 is 14.9 Å². The van der Waals surface area contributed by atoms with E-state index in [4.69, 9.17) is 9.47 Å². The van der Waals surface area contributed by atoms with Gasteiger partial charge in [0.15, 0.2) is 16.7 Å². The molecule has 0 atom stereocenters. The predicted octanol–water partition coefficient (Wildman–Crippen LogP) is 4.23. The van der Waals surface area contributed by atoms with Gasteiger partial charge in [-0.25, -0.2) is 10.4 Å². The number of thioether (sulfide) groups is 1. The molecule has 0 saturated carbocycles. The van der Waals surface area contributed by atoms with E-state index in [0.29, 0.717) is 28.9 Å². The Morgan fingerprint density at radius 2 is 2.10 bits per heavy atom. The van der Waals surface area contributed by atoms with Gasteiger partial charge in [0.1, 0.15) is 0 Å². The largest absolute Gasteiger partial charge is 0.493 e. The van der Waals surface area contributed by atoms with E-state index < -0.39 is 0 Å². The molecule has 0 unspecified atom stereocenters. The van der Waals surface area contributed by atoms with E-state index in [1.54, 1.807) is 43.3 Å². The Morgan fingerprint density at radius 3 is 2.83 bits per heavy atom. The van der Waals surface area contributed by atoms with Crippen molar-refractivity contribution >= 4 is 34.9 Å². The van der Waals surface area contributed by atoms with Crippen LogP contribution >= 0.6 is 11.8 Å². The number of hydrogen-bond donors (Lipinski definition) is 2. The standard InChI is InChI=1S/C21H24N4O3S/c1-5-28-19-10-14(6-9-18(19)27-4)12-22-25-20(26)15-7-8-16-17(11-15)24-21(23-16)29-13(2)3/h6-13H,5H2,1-4H3,(H,23,24)(H,25,26)/b22-12-. The van der Waals surface area contributed by atoms with Gasteiger partial charge in [-0.2, -0.15) is 5.10 Å². The van der Waals surface area contributed by atoms with Crippen LogP contribution in [0.15, 0.2) is 46.7 Å². The minimum absolute atomic E-state index is 0.297. The average molecular weight is 413 g/mol. The van der Waals surface area contributed by atoms with Gasteiger partial charge in [0.05, 0.1) is 31.0 Å². The summed E-state index contributed by atoms with van der Waals surface area (Å²) in [5.74, 6) is 0.982. The summed E-state index contributed by atoms with van der Waals surface area (Å²) in [5, 5.41) is 5.32. The predicted molar refractivity (Wildman–Crippen MR) is 116 cm³/mol. The van der Waals surface area contributed by atoms with E-state index in [9.17, 15) is 4.79 Å². The number of hydrazone groups is 1. The van der Waals surface area contributed by atoms with Crippen LogP contribution in [0.3, 0.4) is 0 Å². The van der Waals surface area contributed by atoms with Crippen molar-refractivity contribution in [3.05, 3.63) is 47.5 Å². The van der Waals surface area contributed by atoms with Crippen LogP contribution in [0.25, 0.3) is 11.0 Å². The Labute approximate surface area is 173 Å². The van der Waals surface area contributed by atoms with Crippen LogP contribution in [0.5, 0.6) is 11.5 Å². The Kier molecular flexibility index (Phi) is 6.77. The zero-order chi connectivity index (χ0) is 20.8. The molecule has 0 saturated heterocycles. The highest BCUT2D eigenvalue weighted by atomic mass is 32.2. The molecule has 8 heteroatoms. The Bertz CT molecular complexity index is 1030. The van der Waals surface area contributed by atoms with Gasteiger partial charge in [-0.1, -0.05) is 25.6 Å². The summed E-state index contributed by atoms with van der Waals surface area (Å²) in [5.41, 5.74) is 5.49. The monoisotopic (exact) mass is 412 g/mol. The lowest BCUT2D eigenvalue weighted by atomic mass is 10.2. The molecule has 1 aromatic heterocycles. The summed E-state index contributed by atoms with van der Waals surface area (Å²) in [4.78, 5) is 20.2. The molecule has 0 aliphatic rings. The number of methoxy groups -OCH3 is 1. The number of aromatic nitrogens is 2. The summed E-state index contributed by atoms with van der Waals surface area (Å²) in [6, 6.07) is 10.8. The number of carbonyl (C=O) groups excluding carboxylic acids is 1. The molecule has 1 amide bonds. The number of H-pyrrole nitrogens is 1. The number of ether oxygens (including phenoxy) is 2. The smallest absolute Gasteiger partial charge is 0.271 e. The molecule has 0 bridgehead atoms. The zero-order valence-corrected chi connectivity index (χ0v) is 17.7. The van der Waals surface area contributed by atoms with Gasteiger partial charge in [-0.05, 0) is 48.9 Å². The molecule has 0 aliphatic carbocycles. The number of benzene rings is 2.